The molecule has 1 heterocycles. The summed E-state index contributed by atoms with van der Waals surface area (Å²) in [4.78, 5) is 17.1. The van der Waals surface area contributed by atoms with Gasteiger partial charge in [-0.3, -0.25) is 9.69 Å². The summed E-state index contributed by atoms with van der Waals surface area (Å²) in [6.45, 7) is 6.66. The molecule has 1 aliphatic heterocycles. The zero-order valence-electron chi connectivity index (χ0n) is 22.8. The van der Waals surface area contributed by atoms with Gasteiger partial charge in [-0.1, -0.05) is 54.6 Å². The largest absolute Gasteiger partial charge is 0.497 e. The monoisotopic (exact) mass is 552 g/mol. The fourth-order valence-electron chi connectivity index (χ4n) is 5.06. The lowest BCUT2D eigenvalue weighted by Gasteiger charge is -2.31. The first-order chi connectivity index (χ1) is 19.4. The number of hydrogen-bond donors (Lipinski definition) is 0. The lowest BCUT2D eigenvalue weighted by Crippen LogP contribution is -2.37. The summed E-state index contributed by atoms with van der Waals surface area (Å²) in [6, 6.07) is 31.7. The summed E-state index contributed by atoms with van der Waals surface area (Å²) in [5.74, 6) is 0.592. The topological polar surface area (TPSA) is 59.1 Å². The summed E-state index contributed by atoms with van der Waals surface area (Å²) < 4.78 is 26.5. The molecule has 4 aromatic rings. The van der Waals surface area contributed by atoms with Gasteiger partial charge in [-0.05, 0) is 78.7 Å². The Balaban J connectivity index is 1.59. The van der Waals surface area contributed by atoms with E-state index in [4.69, 9.17) is 9.47 Å². The van der Waals surface area contributed by atoms with Gasteiger partial charge in [0.25, 0.3) is 0 Å². The highest BCUT2D eigenvalue weighted by molar-refractivity contribution is 7.82. The third-order valence-electron chi connectivity index (χ3n) is 7.15. The first-order valence-electron chi connectivity index (χ1n) is 13.0. The van der Waals surface area contributed by atoms with E-state index >= 15 is 0 Å². The zero-order valence-corrected chi connectivity index (χ0v) is 23.6. The molecule has 1 amide bonds. The van der Waals surface area contributed by atoms with E-state index in [0.29, 0.717) is 39.9 Å². The van der Waals surface area contributed by atoms with Crippen LogP contribution in [0.1, 0.15) is 17.2 Å². The molecule has 0 saturated carbocycles. The van der Waals surface area contributed by atoms with Crippen molar-refractivity contribution in [1.82, 2.24) is 4.31 Å². The van der Waals surface area contributed by atoms with Crippen molar-refractivity contribution in [2.75, 3.05) is 25.7 Å². The summed E-state index contributed by atoms with van der Waals surface area (Å²) in [6.07, 6.45) is 0. The molecule has 7 heteroatoms. The number of benzene rings is 4. The number of methoxy groups -OCH3 is 2. The number of aryl methyl sites for hydroxylation is 1. The van der Waals surface area contributed by atoms with Gasteiger partial charge >= 0.3 is 0 Å². The molecule has 0 spiro atoms. The molecule has 5 rings (SSSR count). The fraction of sp³-hybridized carbons (Fsp3) is 0.182. The number of amides is 1. The fourth-order valence-corrected chi connectivity index (χ4v) is 6.43. The van der Waals surface area contributed by atoms with E-state index in [9.17, 15) is 9.00 Å². The number of hydrogen-bond acceptors (Lipinski definition) is 4. The molecular formula is C33H32N2O4S. The van der Waals surface area contributed by atoms with E-state index in [0.717, 1.165) is 11.1 Å². The van der Waals surface area contributed by atoms with Crippen molar-refractivity contribution in [3.05, 3.63) is 126 Å². The Morgan fingerprint density at radius 3 is 1.85 bits per heavy atom. The number of rotatable bonds is 8. The second kappa shape index (κ2) is 11.9. The van der Waals surface area contributed by atoms with Crippen LogP contribution < -0.4 is 14.4 Å². The smallest absolute Gasteiger partial charge is 0.240 e. The maximum absolute atomic E-state index is 14.7. The minimum absolute atomic E-state index is 0.155. The molecule has 6 nitrogen and oxygen atoms in total. The van der Waals surface area contributed by atoms with Crippen LogP contribution in [0, 0.1) is 12.8 Å². The second-order valence-electron chi connectivity index (χ2n) is 9.70. The molecule has 0 bridgehead atoms. The van der Waals surface area contributed by atoms with E-state index in [1.165, 1.54) is 0 Å². The molecule has 1 saturated heterocycles. The third-order valence-corrected chi connectivity index (χ3v) is 8.61. The van der Waals surface area contributed by atoms with Gasteiger partial charge in [0.2, 0.25) is 5.91 Å². The number of carbonyl (C=O) groups is 1. The predicted molar refractivity (Wildman–Crippen MR) is 159 cm³/mol. The van der Waals surface area contributed by atoms with Crippen LogP contribution in [-0.2, 0) is 15.8 Å². The van der Waals surface area contributed by atoms with Crippen molar-refractivity contribution < 1.29 is 18.5 Å². The van der Waals surface area contributed by atoms with Gasteiger partial charge in [0, 0.05) is 17.9 Å². The summed E-state index contributed by atoms with van der Waals surface area (Å²) in [7, 11) is 1.72. The van der Waals surface area contributed by atoms with Crippen LogP contribution in [0.2, 0.25) is 0 Å². The maximum atomic E-state index is 14.7. The molecule has 0 unspecified atom stereocenters. The van der Waals surface area contributed by atoms with Crippen LogP contribution >= 0.6 is 0 Å². The average Bonchev–Trinajstić information content (AvgIpc) is 3.35. The normalized spacial score (nSPS) is 17.8. The lowest BCUT2D eigenvalue weighted by molar-refractivity contribution is -0.121. The van der Waals surface area contributed by atoms with E-state index in [1.807, 2.05) is 114 Å². The Hall–Kier alpha value is -4.20. The van der Waals surface area contributed by atoms with Gasteiger partial charge in [0.05, 0.1) is 31.1 Å². The van der Waals surface area contributed by atoms with E-state index in [-0.39, 0.29) is 5.91 Å². The molecule has 204 valence electrons. The molecule has 0 radical (unpaired) electrons. The van der Waals surface area contributed by atoms with Gasteiger partial charge < -0.3 is 9.47 Å². The van der Waals surface area contributed by atoms with E-state index < -0.39 is 22.9 Å². The zero-order chi connectivity index (χ0) is 28.2. The highest BCUT2D eigenvalue weighted by Gasteiger charge is 2.46. The quantitative estimate of drug-likeness (QED) is 0.230. The predicted octanol–water partition coefficient (Wildman–Crippen LogP) is 6.63. The summed E-state index contributed by atoms with van der Waals surface area (Å²) >= 11 is 0. The van der Waals surface area contributed by atoms with Crippen LogP contribution in [0.15, 0.2) is 120 Å². The molecule has 0 aliphatic carbocycles. The Morgan fingerprint density at radius 2 is 1.35 bits per heavy atom. The minimum atomic E-state index is -1.50. The van der Waals surface area contributed by atoms with Crippen molar-refractivity contribution in [3.8, 4) is 11.5 Å². The average molecular weight is 553 g/mol. The minimum Gasteiger partial charge on any atom is -0.497 e. The van der Waals surface area contributed by atoms with Crippen LogP contribution in [0.25, 0.3) is 0 Å². The molecule has 0 N–H and O–H groups in total. The van der Waals surface area contributed by atoms with Crippen molar-refractivity contribution in [1.29, 1.82) is 0 Å². The van der Waals surface area contributed by atoms with Gasteiger partial charge in [-0.15, -0.1) is 0 Å². The Kier molecular flexibility index (Phi) is 8.14. The molecule has 1 aliphatic rings. The molecule has 40 heavy (non-hydrogen) atoms. The molecular weight excluding hydrogens is 520 g/mol. The van der Waals surface area contributed by atoms with Crippen molar-refractivity contribution in [2.24, 2.45) is 5.92 Å². The molecule has 3 atom stereocenters. The van der Waals surface area contributed by atoms with E-state index in [1.54, 1.807) is 19.1 Å². The Bertz CT molecular complexity index is 1460. The van der Waals surface area contributed by atoms with Gasteiger partial charge in [-0.2, -0.15) is 0 Å². The number of nitrogens with zero attached hydrogens (tertiary/aromatic N) is 2. The number of ether oxygens (including phenoxy) is 2. The van der Waals surface area contributed by atoms with Crippen molar-refractivity contribution >= 4 is 28.3 Å². The van der Waals surface area contributed by atoms with Crippen molar-refractivity contribution in [2.45, 2.75) is 17.9 Å². The molecule has 0 aromatic heterocycles. The van der Waals surface area contributed by atoms with Crippen molar-refractivity contribution in [3.63, 3.8) is 0 Å². The number of anilines is 2. The van der Waals surface area contributed by atoms with Gasteiger partial charge in [0.15, 0.2) is 0 Å². The van der Waals surface area contributed by atoms with Crippen LogP contribution in [0.4, 0.5) is 11.4 Å². The first-order valence-corrected chi connectivity index (χ1v) is 14.1. The lowest BCUT2D eigenvalue weighted by atomic mass is 9.90. The van der Waals surface area contributed by atoms with Crippen LogP contribution in [-0.4, -0.2) is 35.2 Å². The second-order valence-corrected chi connectivity index (χ2v) is 11.1. The van der Waals surface area contributed by atoms with E-state index in [2.05, 4.69) is 6.58 Å². The number of carbonyl (C=O) groups excluding carboxylic acids is 1. The van der Waals surface area contributed by atoms with Gasteiger partial charge in [-0.25, -0.2) is 8.51 Å². The first kappa shape index (κ1) is 27.4. The van der Waals surface area contributed by atoms with Crippen LogP contribution in [0.3, 0.4) is 0 Å². The molecule has 4 aromatic carbocycles. The highest BCUT2D eigenvalue weighted by Crippen LogP contribution is 2.45. The Labute approximate surface area is 238 Å². The van der Waals surface area contributed by atoms with Gasteiger partial charge in [0.1, 0.15) is 22.5 Å². The third kappa shape index (κ3) is 5.43. The SMILES string of the molecule is C=C1CN([S@@](=O)c2ccc(C)cc2)[C@@H](c2ccccc2)[C@@H]1C(=O)N(c1ccc(OC)cc1)c1ccc(OC)cc1. The molecule has 1 fully saturated rings. The summed E-state index contributed by atoms with van der Waals surface area (Å²) in [5.41, 5.74) is 4.09. The maximum Gasteiger partial charge on any atom is 0.240 e. The Morgan fingerprint density at radius 1 is 0.825 bits per heavy atom. The summed E-state index contributed by atoms with van der Waals surface area (Å²) in [5, 5.41) is 0. The van der Waals surface area contributed by atoms with Crippen LogP contribution in [0.5, 0.6) is 11.5 Å². The highest BCUT2D eigenvalue weighted by atomic mass is 32.2. The standard InChI is InChI=1S/C33H32N2O4S/c1-23-10-20-30(21-11-23)40(37)34-22-24(2)31(32(34)25-8-6-5-7-9-25)33(36)35(26-12-16-28(38-3)17-13-26)27-14-18-29(39-4)19-15-27/h5-21,31-32H,2,22H2,1,3-4H3/t31-,32+,40+/m1/s1.